The molecule has 82 heavy (non-hydrogen) atoms. The predicted octanol–water partition coefficient (Wildman–Crippen LogP) is 8.70. The zero-order valence-electron chi connectivity index (χ0n) is 42.4. The van der Waals surface area contributed by atoms with Crippen LogP contribution in [-0.4, -0.2) is 125 Å². The van der Waals surface area contributed by atoms with Crippen LogP contribution in [0.15, 0.2) is 112 Å². The lowest BCUT2D eigenvalue weighted by molar-refractivity contribution is 0.281. The first-order chi connectivity index (χ1) is 38.3. The molecule has 3 aromatic heterocycles. The number of thioether (sulfide) groups is 1. The molecule has 434 valence electrons. The third kappa shape index (κ3) is 15.3. The number of benzene rings is 5. The van der Waals surface area contributed by atoms with Crippen LogP contribution in [0.5, 0.6) is 11.6 Å². The van der Waals surface area contributed by atoms with Crippen molar-refractivity contribution >= 4 is 145 Å². The Labute approximate surface area is 474 Å². The van der Waals surface area contributed by atoms with Crippen molar-refractivity contribution in [2.75, 3.05) is 30.1 Å². The van der Waals surface area contributed by atoms with Crippen LogP contribution < -0.4 is 4.74 Å². The van der Waals surface area contributed by atoms with E-state index < -0.39 is 91.0 Å². The number of aryl methyl sites for hydroxylation is 1. The number of para-hydroxylation sites is 2. The van der Waals surface area contributed by atoms with E-state index in [9.17, 15) is 80.9 Å². The zero-order valence-corrected chi connectivity index (χ0v) is 48.1. The summed E-state index contributed by atoms with van der Waals surface area (Å²) in [5, 5.41) is 68.1. The van der Waals surface area contributed by atoms with E-state index in [-0.39, 0.29) is 113 Å². The second kappa shape index (κ2) is 24.8. The first-order valence-corrected chi connectivity index (χ1v) is 32.8. The first kappa shape index (κ1) is 62.5. The summed E-state index contributed by atoms with van der Waals surface area (Å²) in [6, 6.07) is 17.6. The highest BCUT2D eigenvalue weighted by molar-refractivity contribution is 7.99. The highest BCUT2D eigenvalue weighted by atomic mass is 32.2. The molecule has 0 radical (unpaired) electrons. The number of hydrogen-bond acceptors (Lipinski definition) is 25. The third-order valence-electron chi connectivity index (χ3n) is 11.4. The van der Waals surface area contributed by atoms with Gasteiger partial charge in [-0.25, -0.2) is 9.97 Å². The third-order valence-corrected chi connectivity index (χ3v) is 16.8. The van der Waals surface area contributed by atoms with E-state index >= 15 is 0 Å². The summed E-state index contributed by atoms with van der Waals surface area (Å²) in [4.78, 5) is 7.77. The Morgan fingerprint density at radius 3 is 1.98 bits per heavy atom. The van der Waals surface area contributed by atoms with Crippen molar-refractivity contribution in [3.05, 3.63) is 94.5 Å². The summed E-state index contributed by atoms with van der Waals surface area (Å²) in [6.45, 7) is 1.41. The molecule has 0 aliphatic heterocycles. The van der Waals surface area contributed by atoms with Gasteiger partial charge in [0.15, 0.2) is 11.3 Å². The number of pyridine rings is 1. The molecule has 8 rings (SSSR count). The second-order valence-corrected chi connectivity index (χ2v) is 26.9. The van der Waals surface area contributed by atoms with Crippen molar-refractivity contribution in [1.29, 1.82) is 5.26 Å². The van der Waals surface area contributed by atoms with Crippen LogP contribution >= 0.6 is 23.1 Å². The van der Waals surface area contributed by atoms with E-state index in [1.807, 2.05) is 0 Å². The molecular formula is C46H44N10O19S7. The molecule has 0 atom stereocenters. The molecule has 36 heteroatoms. The maximum absolute atomic E-state index is 12.6. The van der Waals surface area contributed by atoms with Crippen LogP contribution in [0.4, 0.5) is 33.6 Å². The molecule has 0 aliphatic carbocycles. The number of rotatable bonds is 20. The van der Waals surface area contributed by atoms with Crippen LogP contribution in [0.3, 0.4) is 0 Å². The molecule has 5 aromatic carbocycles. The molecule has 0 aliphatic rings. The van der Waals surface area contributed by atoms with Gasteiger partial charge in [0.25, 0.3) is 50.6 Å². The average molecular weight is 1270 g/mol. The van der Waals surface area contributed by atoms with E-state index in [1.165, 1.54) is 35.6 Å². The molecule has 8 N–H and O–H groups in total. The number of ether oxygens (including phenoxy) is 1. The summed E-state index contributed by atoms with van der Waals surface area (Å²) >= 11 is 1.82. The number of hydrogen-bond donors (Lipinski definition) is 8. The molecule has 0 amide bonds. The molecule has 0 saturated heterocycles. The molecule has 0 bridgehead atoms. The lowest BCUT2D eigenvalue weighted by Gasteiger charge is -2.13. The van der Waals surface area contributed by atoms with Gasteiger partial charge in [0.1, 0.15) is 33.5 Å². The van der Waals surface area contributed by atoms with Gasteiger partial charge in [-0.3, -0.25) is 27.2 Å². The summed E-state index contributed by atoms with van der Waals surface area (Å²) in [5.41, 5.74) is 1.73. The number of nitrogens with zero attached hydrogens (tertiary/aromatic N) is 10. The molecule has 0 fully saturated rings. The van der Waals surface area contributed by atoms with Gasteiger partial charge in [0.2, 0.25) is 11.0 Å². The number of aromatic hydroxyl groups is 1. The largest absolute Gasteiger partial charge is 0.493 e. The zero-order chi connectivity index (χ0) is 60.3. The Morgan fingerprint density at radius 1 is 0.707 bits per heavy atom. The number of imidazole rings is 1. The lowest BCUT2D eigenvalue weighted by Crippen LogP contribution is -2.08. The van der Waals surface area contributed by atoms with Crippen LogP contribution in [-0.2, 0) is 63.8 Å². The average Bonchev–Trinajstić information content (AvgIpc) is 3.54. The van der Waals surface area contributed by atoms with Gasteiger partial charge in [0.05, 0.1) is 75.3 Å². The quantitative estimate of drug-likeness (QED) is 0.0153. The lowest BCUT2D eigenvalue weighted by atomic mass is 10.0. The number of azo groups is 3. The molecular weight excluding hydrogens is 1220 g/mol. The van der Waals surface area contributed by atoms with Gasteiger partial charge in [-0.2, -0.15) is 52.5 Å². The van der Waals surface area contributed by atoms with Gasteiger partial charge in [-0.15, -0.1) is 37.3 Å². The normalized spacial score (nSPS) is 12.8. The van der Waals surface area contributed by atoms with Gasteiger partial charge >= 0.3 is 0 Å². The number of aliphatic hydroxyl groups excluding tert-OH is 2. The Morgan fingerprint density at radius 2 is 1.34 bits per heavy atom. The van der Waals surface area contributed by atoms with Crippen molar-refractivity contribution in [3.8, 4) is 17.7 Å². The van der Waals surface area contributed by atoms with E-state index in [0.717, 1.165) is 41.3 Å². The summed E-state index contributed by atoms with van der Waals surface area (Å²) in [6.07, 6.45) is 0.505. The van der Waals surface area contributed by atoms with Gasteiger partial charge in [-0.1, -0.05) is 23.5 Å². The van der Waals surface area contributed by atoms with Crippen LogP contribution in [0.2, 0.25) is 0 Å². The standard InChI is InChI=1S/C45H40N10O16S6.CH4O3S/c1-23-13-35(38(72-10-6-12-75(62,63)64)19-32(23)49-54-45-48-41-39(77(68,69)70)17-28-25(21-56)14-27(76(65,66)67)16-29(28)42(41)73-45)52-50-33-18-37(71-9-5-11-74(59,60)61)34(15-26(33)22-57)51-53-40-24(2)30(20-46)43-47-31-7-3-4-8-36(31)55(43)44(40)58;1-5(2,3)4/h3-4,7-8,13-19,56-58H,5-6,9-12,21-22H2,1-2H3,(H,59,60,61)(H,62,63,64)(H,65,66,67)(H,68,69,70);1H3,(H,2,3,4). The van der Waals surface area contributed by atoms with Crippen LogP contribution in [0.1, 0.15) is 40.7 Å². The summed E-state index contributed by atoms with van der Waals surface area (Å²) < 4.78 is 167. The van der Waals surface area contributed by atoms with E-state index in [0.29, 0.717) is 27.7 Å². The predicted molar refractivity (Wildman–Crippen MR) is 298 cm³/mol. The minimum absolute atomic E-state index is 0.000453. The first-order valence-electron chi connectivity index (χ1n) is 23.0. The minimum atomic E-state index is -4.98. The molecule has 3 heterocycles. The molecule has 0 saturated carbocycles. The number of aliphatic hydroxyl groups is 2. The monoisotopic (exact) mass is 1260 g/mol. The fraction of sp³-hybridized carbons (Fsp3) is 0.239. The van der Waals surface area contributed by atoms with E-state index in [2.05, 4.69) is 46.7 Å². The Hall–Kier alpha value is -7.09. The number of nitriles is 1. The fourth-order valence-electron chi connectivity index (χ4n) is 7.77. The highest BCUT2D eigenvalue weighted by Gasteiger charge is 2.25. The van der Waals surface area contributed by atoms with Crippen molar-refractivity contribution < 1.29 is 84.9 Å². The second-order valence-electron chi connectivity index (χ2n) is 17.4. The highest BCUT2D eigenvalue weighted by Crippen LogP contribution is 2.44. The number of aromatic nitrogens is 3. The van der Waals surface area contributed by atoms with E-state index in [1.54, 1.807) is 31.2 Å². The number of thiazole rings is 1. The van der Waals surface area contributed by atoms with Crippen molar-refractivity contribution in [2.45, 2.75) is 54.6 Å². The Balaban J connectivity index is 0.00000185. The smallest absolute Gasteiger partial charge is 0.296 e. The maximum atomic E-state index is 12.6. The molecule has 8 aromatic rings. The fourth-order valence-corrected chi connectivity index (χ4v) is 12.1. The SMILES string of the molecule is CS(=O)(=O)O.Cc1cc(N=Nc2cc(OCCCS(=O)(=O)O)c(N=Nc3c(C)c(C#N)c4nc5ccccc5n4c3O)cc2CO)c(SCCCS(=O)(=O)O)cc1N=Nc1nc2c(S(=O)(=O)O)cc3c(CO)cc(S(=O)(=O)O)cc3c2s1. The van der Waals surface area contributed by atoms with Crippen molar-refractivity contribution in [3.63, 3.8) is 0 Å². The van der Waals surface area contributed by atoms with Gasteiger partial charge < -0.3 is 20.1 Å². The van der Waals surface area contributed by atoms with Crippen molar-refractivity contribution in [1.82, 2.24) is 14.4 Å². The number of fused-ring (bicyclic) bond motifs is 6. The topological polar surface area (TPSA) is 470 Å². The Kier molecular flexibility index (Phi) is 18.9. The Bertz CT molecular complexity index is 4590. The molecule has 0 spiro atoms. The van der Waals surface area contributed by atoms with Gasteiger partial charge in [0, 0.05) is 27.5 Å². The van der Waals surface area contributed by atoms with Crippen LogP contribution in [0, 0.1) is 25.2 Å². The van der Waals surface area contributed by atoms with Crippen LogP contribution in [0.25, 0.3) is 37.7 Å². The van der Waals surface area contributed by atoms with Gasteiger partial charge in [-0.05, 0) is 97.5 Å². The van der Waals surface area contributed by atoms with E-state index in [4.69, 9.17) is 9.29 Å². The summed E-state index contributed by atoms with van der Waals surface area (Å²) in [5.74, 6) is -1.61. The molecule has 0 unspecified atom stereocenters. The maximum Gasteiger partial charge on any atom is 0.296 e. The molecule has 29 nitrogen and oxygen atoms in total. The minimum Gasteiger partial charge on any atom is -0.493 e. The van der Waals surface area contributed by atoms with Crippen molar-refractivity contribution in [2.24, 2.45) is 30.7 Å². The summed E-state index contributed by atoms with van der Waals surface area (Å²) in [7, 11) is -22.2.